The van der Waals surface area contributed by atoms with E-state index in [1.165, 1.54) is 22.3 Å². The molecule has 0 bridgehead atoms. The first kappa shape index (κ1) is 18.6. The quantitative estimate of drug-likeness (QED) is 0.707. The molecule has 2 atom stereocenters. The first-order valence-electron chi connectivity index (χ1n) is 8.59. The Labute approximate surface area is 171 Å². The Morgan fingerprint density at radius 3 is 1.57 bits per heavy atom. The van der Waals surface area contributed by atoms with Crippen molar-refractivity contribution in [2.24, 2.45) is 0 Å². The Balaban J connectivity index is 1.61. The molecule has 0 saturated carbocycles. The van der Waals surface area contributed by atoms with E-state index in [9.17, 15) is 9.59 Å². The molecule has 2 N–H and O–H groups in total. The molecular weight excluding hydrogens is 400 g/mol. The Morgan fingerprint density at radius 2 is 1.25 bits per heavy atom. The molecule has 4 heterocycles. The Morgan fingerprint density at radius 1 is 0.857 bits per heavy atom. The molecule has 2 fully saturated rings. The van der Waals surface area contributed by atoms with Gasteiger partial charge in [-0.3, -0.25) is 19.4 Å². The third-order valence-electron chi connectivity index (χ3n) is 5.34. The number of carbonyl (C=O) groups is 2. The van der Waals surface area contributed by atoms with E-state index in [0.29, 0.717) is 11.5 Å². The zero-order valence-corrected chi connectivity index (χ0v) is 16.9. The number of rotatable bonds is 5. The minimum Gasteiger partial charge on any atom is -0.467 e. The fourth-order valence-corrected chi connectivity index (χ4v) is 4.18. The van der Waals surface area contributed by atoms with Gasteiger partial charge in [0.15, 0.2) is 10.2 Å². The maximum absolute atomic E-state index is 13.3. The molecule has 0 unspecified atom stereocenters. The first-order valence-corrected chi connectivity index (χ1v) is 9.41. The monoisotopic (exact) mass is 418 g/mol. The van der Waals surface area contributed by atoms with Gasteiger partial charge in [-0.2, -0.15) is 0 Å². The van der Waals surface area contributed by atoms with Crippen LogP contribution >= 0.6 is 24.4 Å². The van der Waals surface area contributed by atoms with Crippen molar-refractivity contribution in [1.82, 2.24) is 20.4 Å². The van der Waals surface area contributed by atoms with Gasteiger partial charge < -0.3 is 19.5 Å². The van der Waals surface area contributed by atoms with Gasteiger partial charge in [-0.25, -0.2) is 0 Å². The third kappa shape index (κ3) is 2.63. The lowest BCUT2D eigenvalue weighted by Crippen LogP contribution is -2.69. The molecule has 0 spiro atoms. The van der Waals surface area contributed by atoms with Crippen molar-refractivity contribution in [1.29, 1.82) is 0 Å². The first-order chi connectivity index (χ1) is 13.3. The summed E-state index contributed by atoms with van der Waals surface area (Å²) in [6.45, 7) is 3.65. The second-order valence-corrected chi connectivity index (χ2v) is 7.83. The summed E-state index contributed by atoms with van der Waals surface area (Å²) in [5.74, 6) is 0.514. The van der Waals surface area contributed by atoms with Gasteiger partial charge in [-0.15, -0.1) is 0 Å². The molecule has 2 amide bonds. The molecule has 2 aliphatic heterocycles. The van der Waals surface area contributed by atoms with Crippen molar-refractivity contribution in [3.8, 4) is 0 Å². The van der Waals surface area contributed by atoms with Gasteiger partial charge in [0.1, 0.15) is 22.6 Å². The second-order valence-electron chi connectivity index (χ2n) is 7.05. The number of hydrogen-bond acceptors (Lipinski definition) is 6. The lowest BCUT2D eigenvalue weighted by atomic mass is 9.79. The van der Waals surface area contributed by atoms with Gasteiger partial charge in [0.05, 0.1) is 25.6 Å². The van der Waals surface area contributed by atoms with Crippen LogP contribution in [0.5, 0.6) is 0 Å². The summed E-state index contributed by atoms with van der Waals surface area (Å²) < 4.78 is 10.6. The van der Waals surface area contributed by atoms with Crippen LogP contribution in [-0.2, 0) is 22.7 Å². The molecular formula is C18H18N4O4S2. The topological polar surface area (TPSA) is 91.0 Å². The maximum atomic E-state index is 13.3. The van der Waals surface area contributed by atoms with Gasteiger partial charge in [-0.1, -0.05) is 0 Å². The Hall–Kier alpha value is -2.72. The Bertz CT molecular complexity index is 880. The predicted octanol–water partition coefficient (Wildman–Crippen LogP) is 1.52. The molecule has 2 saturated heterocycles. The number of nitrogens with zero attached hydrogens (tertiary/aromatic N) is 2. The van der Waals surface area contributed by atoms with Gasteiger partial charge in [0.2, 0.25) is 0 Å². The smallest absolute Gasteiger partial charge is 0.257 e. The lowest BCUT2D eigenvalue weighted by molar-refractivity contribution is -0.142. The van der Waals surface area contributed by atoms with Crippen LogP contribution in [0.1, 0.15) is 25.4 Å². The molecule has 2 aromatic rings. The number of amides is 2. The number of hydrogen-bond donors (Lipinski definition) is 2. The molecule has 2 aromatic heterocycles. The minimum atomic E-state index is -1.32. The van der Waals surface area contributed by atoms with Crippen molar-refractivity contribution in [3.05, 3.63) is 48.3 Å². The molecule has 10 heteroatoms. The number of furan rings is 2. The molecule has 0 radical (unpaired) electrons. The van der Waals surface area contributed by atoms with Gasteiger partial charge in [0.25, 0.3) is 11.8 Å². The molecule has 2 aliphatic rings. The average Bonchev–Trinajstić information content (AvgIpc) is 3.41. The molecule has 28 heavy (non-hydrogen) atoms. The van der Waals surface area contributed by atoms with Crippen LogP contribution in [0.2, 0.25) is 0 Å². The molecule has 0 aliphatic carbocycles. The van der Waals surface area contributed by atoms with Crippen LogP contribution in [-0.4, -0.2) is 42.9 Å². The summed E-state index contributed by atoms with van der Waals surface area (Å²) in [5.41, 5.74) is -2.65. The van der Waals surface area contributed by atoms with Crippen LogP contribution in [0.4, 0.5) is 0 Å². The fourth-order valence-electron chi connectivity index (χ4n) is 3.48. The normalized spacial score (nSPS) is 27.5. The van der Waals surface area contributed by atoms with Crippen molar-refractivity contribution in [2.75, 3.05) is 0 Å². The zero-order chi connectivity index (χ0) is 20.1. The highest BCUT2D eigenvalue weighted by molar-refractivity contribution is 7.80. The Kier molecular flexibility index (Phi) is 4.27. The standard InChI is InChI=1S/C18H18N4O4S2/c1-17(13(23)21(15(27)19-17)9-11-5-3-7-25-11)18(2)14(24)22(16(28)20-18)10-12-6-4-8-26-12/h3-8H,9-10H2,1-2H3,(H,19,27)(H,20,28)/t17-,18-/m1/s1. The van der Waals surface area contributed by atoms with Crippen molar-refractivity contribution < 1.29 is 18.4 Å². The predicted molar refractivity (Wildman–Crippen MR) is 107 cm³/mol. The number of nitrogens with one attached hydrogen (secondary N) is 2. The summed E-state index contributed by atoms with van der Waals surface area (Å²) in [6.07, 6.45) is 3.06. The molecule has 8 nitrogen and oxygen atoms in total. The highest BCUT2D eigenvalue weighted by Crippen LogP contribution is 2.35. The van der Waals surface area contributed by atoms with Crippen LogP contribution < -0.4 is 10.6 Å². The second kappa shape index (κ2) is 6.42. The summed E-state index contributed by atoms with van der Waals surface area (Å²) in [4.78, 5) is 29.4. The lowest BCUT2D eigenvalue weighted by Gasteiger charge is -2.36. The molecule has 146 valence electrons. The van der Waals surface area contributed by atoms with E-state index in [4.69, 9.17) is 33.3 Å². The molecule has 4 rings (SSSR count). The minimum absolute atomic E-state index is 0.179. The van der Waals surface area contributed by atoms with Crippen molar-refractivity contribution in [2.45, 2.75) is 38.0 Å². The van der Waals surface area contributed by atoms with E-state index in [2.05, 4.69) is 10.6 Å². The number of carbonyl (C=O) groups excluding carboxylic acids is 2. The third-order valence-corrected chi connectivity index (χ3v) is 5.98. The van der Waals surface area contributed by atoms with E-state index < -0.39 is 11.1 Å². The molecule has 0 aromatic carbocycles. The van der Waals surface area contributed by atoms with Gasteiger partial charge in [0, 0.05) is 0 Å². The van der Waals surface area contributed by atoms with E-state index in [1.54, 1.807) is 38.1 Å². The SMILES string of the molecule is C[C@@]1([C@]2(C)NC(=S)N(Cc3ccco3)C2=O)NC(=S)N(Cc2ccco2)C1=O. The van der Waals surface area contributed by atoms with Crippen molar-refractivity contribution in [3.63, 3.8) is 0 Å². The van der Waals surface area contributed by atoms with Crippen LogP contribution in [0.3, 0.4) is 0 Å². The fraction of sp³-hybridized carbons (Fsp3) is 0.333. The van der Waals surface area contributed by atoms with E-state index >= 15 is 0 Å². The average molecular weight is 419 g/mol. The van der Waals surface area contributed by atoms with E-state index in [-0.39, 0.29) is 35.1 Å². The van der Waals surface area contributed by atoms with Crippen LogP contribution in [0, 0.1) is 0 Å². The highest BCUT2D eigenvalue weighted by Gasteiger charge is 2.65. The van der Waals surface area contributed by atoms with E-state index in [0.717, 1.165) is 0 Å². The van der Waals surface area contributed by atoms with Crippen molar-refractivity contribution >= 4 is 46.5 Å². The van der Waals surface area contributed by atoms with E-state index in [1.807, 2.05) is 0 Å². The summed E-state index contributed by atoms with van der Waals surface area (Å²) in [5, 5.41) is 6.52. The maximum Gasteiger partial charge on any atom is 0.257 e. The van der Waals surface area contributed by atoms with Gasteiger partial charge >= 0.3 is 0 Å². The number of thiocarbonyl (C=S) groups is 2. The summed E-state index contributed by atoms with van der Waals surface area (Å²) in [7, 11) is 0. The van der Waals surface area contributed by atoms with Crippen LogP contribution in [0.15, 0.2) is 45.6 Å². The van der Waals surface area contributed by atoms with Crippen LogP contribution in [0.25, 0.3) is 0 Å². The summed E-state index contributed by atoms with van der Waals surface area (Å²) >= 11 is 10.7. The van der Waals surface area contributed by atoms with Gasteiger partial charge in [-0.05, 0) is 62.5 Å². The largest absolute Gasteiger partial charge is 0.467 e. The highest BCUT2D eigenvalue weighted by atomic mass is 32.1. The summed E-state index contributed by atoms with van der Waals surface area (Å²) in [6, 6.07) is 6.98. The zero-order valence-electron chi connectivity index (χ0n) is 15.2.